The summed E-state index contributed by atoms with van der Waals surface area (Å²) in [6.45, 7) is 13.0. The maximum atomic E-state index is 3.36. The van der Waals surface area contributed by atoms with E-state index in [1.807, 2.05) is 0 Å². The monoisotopic (exact) mass is 474 g/mol. The van der Waals surface area contributed by atoms with Gasteiger partial charge in [0.25, 0.3) is 0 Å². The molecular weight excluding hydrogens is 450 g/mol. The summed E-state index contributed by atoms with van der Waals surface area (Å²) in [4.78, 5) is 0. The van der Waals surface area contributed by atoms with Crippen LogP contribution in [-0.4, -0.2) is 0 Å². The van der Waals surface area contributed by atoms with Gasteiger partial charge in [-0.15, -0.1) is 46.7 Å². The van der Waals surface area contributed by atoms with Crippen molar-refractivity contribution in [3.8, 4) is 0 Å². The minimum Gasteiger partial charge on any atom is -1.00 e. The predicted octanol–water partition coefficient (Wildman–Crippen LogP) is 1.06. The third-order valence-electron chi connectivity index (χ3n) is 5.25. The maximum Gasteiger partial charge on any atom is 4.00 e. The summed E-state index contributed by atoms with van der Waals surface area (Å²) in [5.74, 6) is 0.560. The molecule has 3 aromatic rings. The summed E-state index contributed by atoms with van der Waals surface area (Å²) < 4.78 is 0. The molecule has 0 spiro atoms. The summed E-state index contributed by atoms with van der Waals surface area (Å²) in [5, 5.41) is 5.46. The first-order chi connectivity index (χ1) is 11.4. The first-order valence-electron chi connectivity index (χ1n) is 8.71. The van der Waals surface area contributed by atoms with Crippen molar-refractivity contribution in [2.24, 2.45) is 5.92 Å². The zero-order valence-corrected chi connectivity index (χ0v) is 20.8. The number of hydrogen-bond acceptors (Lipinski definition) is 0. The molecular formula is C24H26Cl2Zr. The number of fused-ring (bicyclic) bond motifs is 3. The van der Waals surface area contributed by atoms with Gasteiger partial charge in [-0.05, 0) is 13.8 Å². The van der Waals surface area contributed by atoms with Crippen LogP contribution in [0.2, 0.25) is 0 Å². The third-order valence-corrected chi connectivity index (χ3v) is 5.25. The van der Waals surface area contributed by atoms with Gasteiger partial charge >= 0.3 is 26.2 Å². The molecule has 1 aliphatic rings. The zero-order chi connectivity index (χ0) is 17.4. The summed E-state index contributed by atoms with van der Waals surface area (Å²) >= 11 is 0. The van der Waals surface area contributed by atoms with Crippen LogP contribution in [0.5, 0.6) is 0 Å². The Kier molecular flexibility index (Phi) is 10.4. The molecule has 1 unspecified atom stereocenters. The topological polar surface area (TPSA) is 0 Å². The molecule has 140 valence electrons. The Morgan fingerprint density at radius 2 is 1.22 bits per heavy atom. The minimum absolute atomic E-state index is 0. The van der Waals surface area contributed by atoms with Gasteiger partial charge in [-0.1, -0.05) is 62.1 Å². The fourth-order valence-corrected chi connectivity index (χ4v) is 3.42. The Bertz CT molecular complexity index is 920. The van der Waals surface area contributed by atoms with E-state index in [2.05, 4.69) is 90.1 Å². The molecule has 3 aromatic carbocycles. The second kappa shape index (κ2) is 10.7. The van der Waals surface area contributed by atoms with E-state index in [-0.39, 0.29) is 51.0 Å². The second-order valence-electron chi connectivity index (χ2n) is 7.12. The molecule has 0 N–H and O–H groups in total. The van der Waals surface area contributed by atoms with Crippen molar-refractivity contribution in [3.05, 3.63) is 76.4 Å². The Hall–Kier alpha value is -0.747. The minimum atomic E-state index is 0. The third kappa shape index (κ3) is 5.63. The first-order valence-corrected chi connectivity index (χ1v) is 8.71. The number of allylic oxidation sites excluding steroid dienone is 4. The van der Waals surface area contributed by atoms with Gasteiger partial charge in [0.15, 0.2) is 0 Å². The summed E-state index contributed by atoms with van der Waals surface area (Å²) in [6.07, 6.45) is 3.36. The van der Waals surface area contributed by atoms with E-state index in [4.69, 9.17) is 0 Å². The fourth-order valence-electron chi connectivity index (χ4n) is 3.42. The first kappa shape index (κ1) is 26.3. The van der Waals surface area contributed by atoms with Crippen molar-refractivity contribution in [2.45, 2.75) is 41.5 Å². The number of benzene rings is 2. The number of hydrogen-bond donors (Lipinski definition) is 0. The second-order valence-corrected chi connectivity index (χ2v) is 7.12. The van der Waals surface area contributed by atoms with Gasteiger partial charge in [0.1, 0.15) is 0 Å². The summed E-state index contributed by atoms with van der Waals surface area (Å²) in [6, 6.07) is 15.6. The van der Waals surface area contributed by atoms with E-state index in [0.29, 0.717) is 5.92 Å². The van der Waals surface area contributed by atoms with Crippen LogP contribution >= 0.6 is 0 Å². The van der Waals surface area contributed by atoms with Gasteiger partial charge < -0.3 is 24.8 Å². The molecule has 1 aliphatic carbocycles. The Morgan fingerprint density at radius 1 is 0.778 bits per heavy atom. The van der Waals surface area contributed by atoms with Crippen LogP contribution in [0, 0.1) is 25.8 Å². The smallest absolute Gasteiger partial charge is 1.00 e. The van der Waals surface area contributed by atoms with Gasteiger partial charge in [0, 0.05) is 0 Å². The molecule has 1 atom stereocenters. The van der Waals surface area contributed by atoms with E-state index in [9.17, 15) is 0 Å². The molecule has 0 amide bonds. The van der Waals surface area contributed by atoms with Crippen molar-refractivity contribution < 1.29 is 51.0 Å². The average molecular weight is 477 g/mol. The molecule has 0 bridgehead atoms. The van der Waals surface area contributed by atoms with Gasteiger partial charge in [-0.3, -0.25) is 6.08 Å². The molecule has 0 aromatic heterocycles. The van der Waals surface area contributed by atoms with Crippen LogP contribution in [0.3, 0.4) is 0 Å². The maximum absolute atomic E-state index is 3.36. The fraction of sp³-hybridized carbons (Fsp3) is 0.292. The summed E-state index contributed by atoms with van der Waals surface area (Å²) in [5.41, 5.74) is 6.90. The van der Waals surface area contributed by atoms with E-state index in [1.165, 1.54) is 49.4 Å². The SMILES string of the molecule is CC1=[C-]C(C)C(C)=C1C.Cc1ccc2c(c1)[cH-]c1cc(C)ccc12.[Cl-].[Cl-].[Zr+4]. The van der Waals surface area contributed by atoms with Crippen molar-refractivity contribution in [2.75, 3.05) is 0 Å². The standard InChI is InChI=1S/C15H13.C9H13.2ClH.Zr/c1-10-3-5-14-12(7-10)9-13-8-11(2)4-6-15(13)14;1-6-5-7(2)9(4)8(6)3;;;/h3-9H,1-2H3;6H,1-4H3;2*1H;/q2*-1;;;+4/p-2. The molecule has 0 heterocycles. The van der Waals surface area contributed by atoms with Crippen molar-refractivity contribution in [1.29, 1.82) is 0 Å². The van der Waals surface area contributed by atoms with Gasteiger partial charge in [-0.25, -0.2) is 5.57 Å². The van der Waals surface area contributed by atoms with Crippen LogP contribution in [0.1, 0.15) is 38.8 Å². The predicted molar refractivity (Wildman–Crippen MR) is 106 cm³/mol. The van der Waals surface area contributed by atoms with Gasteiger partial charge in [0.05, 0.1) is 0 Å². The Balaban J connectivity index is 0.000000498. The number of halogens is 2. The Morgan fingerprint density at radius 3 is 1.52 bits per heavy atom. The average Bonchev–Trinajstić information content (AvgIpc) is 2.99. The molecule has 0 radical (unpaired) electrons. The van der Waals surface area contributed by atoms with Crippen LogP contribution in [0.4, 0.5) is 0 Å². The molecule has 3 heteroatoms. The molecule has 27 heavy (non-hydrogen) atoms. The summed E-state index contributed by atoms with van der Waals surface area (Å²) in [7, 11) is 0. The van der Waals surface area contributed by atoms with E-state index in [1.54, 1.807) is 0 Å². The molecule has 0 aliphatic heterocycles. The van der Waals surface area contributed by atoms with Crippen molar-refractivity contribution in [3.63, 3.8) is 0 Å². The number of rotatable bonds is 0. The van der Waals surface area contributed by atoms with Gasteiger partial charge in [0.2, 0.25) is 0 Å². The van der Waals surface area contributed by atoms with Gasteiger partial charge in [-0.2, -0.15) is 11.1 Å². The molecule has 0 nitrogen and oxygen atoms in total. The van der Waals surface area contributed by atoms with Crippen molar-refractivity contribution >= 4 is 21.5 Å². The van der Waals surface area contributed by atoms with E-state index < -0.39 is 0 Å². The zero-order valence-electron chi connectivity index (χ0n) is 16.9. The largest absolute Gasteiger partial charge is 4.00 e. The van der Waals surface area contributed by atoms with Crippen LogP contribution in [-0.2, 0) is 26.2 Å². The molecule has 4 rings (SSSR count). The molecule has 0 saturated heterocycles. The van der Waals surface area contributed by atoms with E-state index >= 15 is 0 Å². The quantitative estimate of drug-likeness (QED) is 0.426. The molecule has 0 fully saturated rings. The van der Waals surface area contributed by atoms with Crippen LogP contribution < -0.4 is 24.8 Å². The van der Waals surface area contributed by atoms with E-state index in [0.717, 1.165) is 0 Å². The normalized spacial score (nSPS) is 15.3. The number of aryl methyl sites for hydroxylation is 2. The van der Waals surface area contributed by atoms with Crippen LogP contribution in [0.15, 0.2) is 59.2 Å². The van der Waals surface area contributed by atoms with Crippen molar-refractivity contribution in [1.82, 2.24) is 0 Å². The molecule has 0 saturated carbocycles. The Labute approximate surface area is 195 Å². The van der Waals surface area contributed by atoms with Crippen LogP contribution in [0.25, 0.3) is 21.5 Å².